The number of benzene rings is 1. The number of methoxy groups -OCH3 is 1. The molecule has 4 rings (SSSR count). The Balaban J connectivity index is 1.48. The number of likely N-dealkylation sites (tertiary alicyclic amines) is 1. The average molecular weight is 470 g/mol. The van der Waals surface area contributed by atoms with Crippen molar-refractivity contribution in [1.82, 2.24) is 9.47 Å². The Morgan fingerprint density at radius 2 is 1.76 bits per heavy atom. The van der Waals surface area contributed by atoms with Crippen LogP contribution >= 0.6 is 11.6 Å². The van der Waals surface area contributed by atoms with E-state index in [4.69, 9.17) is 21.3 Å². The molecular weight excluding hydrogens is 438 g/mol. The maximum atomic E-state index is 13.4. The molecule has 0 spiro atoms. The van der Waals surface area contributed by atoms with Crippen LogP contribution in [0.15, 0.2) is 41.5 Å². The molecule has 1 aliphatic heterocycles. The number of aryl methyl sites for hydroxylation is 1. The lowest BCUT2D eigenvalue weighted by Crippen LogP contribution is -2.43. The highest BCUT2D eigenvalue weighted by molar-refractivity contribution is 6.31. The van der Waals surface area contributed by atoms with Crippen LogP contribution in [0.2, 0.25) is 5.02 Å². The minimum atomic E-state index is -0.136. The standard InChI is InChI=1S/C26H32ClN3O3/c1-18-10-15-30(24(16-18)28-21-6-4-3-5-7-21)25(31)19-11-13-29(14-12-19)26(32)22-17-20(27)8-9-23(22)33-2/h8-10,15-17,19,21H,3-7,11-14H2,1-2H3. The van der Waals surface area contributed by atoms with Gasteiger partial charge < -0.3 is 9.64 Å². The Bertz CT molecular complexity index is 1080. The third-order valence-electron chi connectivity index (χ3n) is 6.74. The molecule has 1 aromatic carbocycles. The summed E-state index contributed by atoms with van der Waals surface area (Å²) in [6.07, 6.45) is 8.97. The van der Waals surface area contributed by atoms with Crippen LogP contribution in [0.5, 0.6) is 5.75 Å². The first-order chi connectivity index (χ1) is 16.0. The second-order valence-corrected chi connectivity index (χ2v) is 9.54. The third kappa shape index (κ3) is 5.49. The summed E-state index contributed by atoms with van der Waals surface area (Å²) >= 11 is 6.10. The number of rotatable bonds is 4. The predicted molar refractivity (Wildman–Crippen MR) is 129 cm³/mol. The lowest BCUT2D eigenvalue weighted by atomic mass is 9.95. The number of pyridine rings is 1. The molecule has 0 unspecified atom stereocenters. The van der Waals surface area contributed by atoms with Crippen LogP contribution in [0.1, 0.15) is 65.7 Å². The highest BCUT2D eigenvalue weighted by Gasteiger charge is 2.30. The topological polar surface area (TPSA) is 63.9 Å². The molecule has 1 saturated heterocycles. The molecule has 6 nitrogen and oxygen atoms in total. The number of hydrogen-bond donors (Lipinski definition) is 0. The van der Waals surface area contributed by atoms with Gasteiger partial charge in [-0.15, -0.1) is 0 Å². The lowest BCUT2D eigenvalue weighted by Gasteiger charge is -2.32. The summed E-state index contributed by atoms with van der Waals surface area (Å²) in [7, 11) is 1.54. The van der Waals surface area contributed by atoms with Gasteiger partial charge in [-0.3, -0.25) is 19.1 Å². The molecule has 0 radical (unpaired) electrons. The SMILES string of the molecule is COc1ccc(Cl)cc1C(=O)N1CCC(C(=O)n2ccc(C)cc2=NC2CCCCC2)CC1. The van der Waals surface area contributed by atoms with E-state index in [1.807, 2.05) is 25.3 Å². The van der Waals surface area contributed by atoms with E-state index in [0.717, 1.165) is 23.9 Å². The highest BCUT2D eigenvalue weighted by Crippen LogP contribution is 2.27. The second kappa shape index (κ2) is 10.6. The monoisotopic (exact) mass is 469 g/mol. The van der Waals surface area contributed by atoms with Crippen LogP contribution in [0.25, 0.3) is 0 Å². The summed E-state index contributed by atoms with van der Waals surface area (Å²) in [6, 6.07) is 9.32. The van der Waals surface area contributed by atoms with E-state index in [1.54, 1.807) is 34.8 Å². The maximum absolute atomic E-state index is 13.4. The first-order valence-corrected chi connectivity index (χ1v) is 12.2. The average Bonchev–Trinajstić information content (AvgIpc) is 2.84. The van der Waals surface area contributed by atoms with Crippen LogP contribution < -0.4 is 10.2 Å². The molecule has 176 valence electrons. The molecule has 2 fully saturated rings. The van der Waals surface area contributed by atoms with Gasteiger partial charge in [0, 0.05) is 30.2 Å². The Morgan fingerprint density at radius 3 is 2.45 bits per heavy atom. The number of nitrogens with zero attached hydrogens (tertiary/aromatic N) is 3. The molecule has 33 heavy (non-hydrogen) atoms. The highest BCUT2D eigenvalue weighted by atomic mass is 35.5. The smallest absolute Gasteiger partial charge is 0.257 e. The van der Waals surface area contributed by atoms with Gasteiger partial charge in [-0.25, -0.2) is 0 Å². The van der Waals surface area contributed by atoms with Gasteiger partial charge in [-0.05, 0) is 68.5 Å². The van der Waals surface area contributed by atoms with E-state index in [2.05, 4.69) is 0 Å². The molecule has 7 heteroatoms. The number of piperidine rings is 1. The Morgan fingerprint density at radius 1 is 1.03 bits per heavy atom. The number of halogens is 1. The number of ether oxygens (including phenoxy) is 1. The van der Waals surface area contributed by atoms with Crippen molar-refractivity contribution in [3.05, 3.63) is 58.2 Å². The summed E-state index contributed by atoms with van der Waals surface area (Å²) < 4.78 is 7.07. The van der Waals surface area contributed by atoms with Crippen molar-refractivity contribution in [3.63, 3.8) is 0 Å². The lowest BCUT2D eigenvalue weighted by molar-refractivity contribution is 0.0616. The van der Waals surface area contributed by atoms with Crippen molar-refractivity contribution in [1.29, 1.82) is 0 Å². The van der Waals surface area contributed by atoms with Crippen molar-refractivity contribution in [2.24, 2.45) is 10.9 Å². The summed E-state index contributed by atoms with van der Waals surface area (Å²) in [4.78, 5) is 33.2. The van der Waals surface area contributed by atoms with E-state index >= 15 is 0 Å². The Hall–Kier alpha value is -2.60. The molecule has 2 heterocycles. The second-order valence-electron chi connectivity index (χ2n) is 9.10. The fourth-order valence-electron chi connectivity index (χ4n) is 4.82. The van der Waals surface area contributed by atoms with Gasteiger partial charge in [-0.2, -0.15) is 0 Å². The molecule has 0 atom stereocenters. The van der Waals surface area contributed by atoms with Crippen molar-refractivity contribution in [2.45, 2.75) is 57.9 Å². The summed E-state index contributed by atoms with van der Waals surface area (Å²) in [5, 5.41) is 0.495. The van der Waals surface area contributed by atoms with E-state index in [1.165, 1.54) is 19.3 Å². The number of hydrogen-bond acceptors (Lipinski definition) is 4. The summed E-state index contributed by atoms with van der Waals surface area (Å²) in [5.74, 6) is 0.323. The molecular formula is C26H32ClN3O3. The Kier molecular flexibility index (Phi) is 7.53. The van der Waals surface area contributed by atoms with Gasteiger partial charge in [-0.1, -0.05) is 30.9 Å². The van der Waals surface area contributed by atoms with E-state index in [0.29, 0.717) is 48.3 Å². The van der Waals surface area contributed by atoms with E-state index < -0.39 is 0 Å². The summed E-state index contributed by atoms with van der Waals surface area (Å²) in [5.41, 5.74) is 2.31. The quantitative estimate of drug-likeness (QED) is 0.640. The minimum absolute atomic E-state index is 0.0667. The van der Waals surface area contributed by atoms with Crippen LogP contribution in [-0.2, 0) is 0 Å². The molecule has 1 aliphatic carbocycles. The molecule has 1 aromatic heterocycles. The van der Waals surface area contributed by atoms with Crippen LogP contribution in [-0.4, -0.2) is 47.5 Å². The normalized spacial score (nSPS) is 18.4. The fraction of sp³-hybridized carbons (Fsp3) is 0.500. The zero-order chi connectivity index (χ0) is 23.4. The number of carbonyl (C=O) groups excluding carboxylic acids is 2. The number of aromatic nitrogens is 1. The van der Waals surface area contributed by atoms with E-state index in [-0.39, 0.29) is 17.7 Å². The van der Waals surface area contributed by atoms with Crippen molar-refractivity contribution >= 4 is 23.4 Å². The van der Waals surface area contributed by atoms with Crippen LogP contribution in [0.4, 0.5) is 0 Å². The van der Waals surface area contributed by atoms with Crippen molar-refractivity contribution < 1.29 is 14.3 Å². The number of amides is 1. The minimum Gasteiger partial charge on any atom is -0.496 e. The molecule has 0 bridgehead atoms. The predicted octanol–water partition coefficient (Wildman–Crippen LogP) is 4.88. The van der Waals surface area contributed by atoms with Crippen LogP contribution in [0.3, 0.4) is 0 Å². The van der Waals surface area contributed by atoms with Gasteiger partial charge >= 0.3 is 0 Å². The third-order valence-corrected chi connectivity index (χ3v) is 6.98. The first kappa shape index (κ1) is 23.6. The largest absolute Gasteiger partial charge is 0.496 e. The van der Waals surface area contributed by atoms with Crippen molar-refractivity contribution in [3.8, 4) is 5.75 Å². The zero-order valence-electron chi connectivity index (χ0n) is 19.4. The molecule has 0 N–H and O–H groups in total. The van der Waals surface area contributed by atoms with Gasteiger partial charge in [0.05, 0.1) is 18.7 Å². The summed E-state index contributed by atoms with van der Waals surface area (Å²) in [6.45, 7) is 3.07. The molecule has 1 saturated carbocycles. The van der Waals surface area contributed by atoms with Gasteiger partial charge in [0.2, 0.25) is 5.91 Å². The van der Waals surface area contributed by atoms with Gasteiger partial charge in [0.25, 0.3) is 5.91 Å². The maximum Gasteiger partial charge on any atom is 0.257 e. The Labute approximate surface area is 200 Å². The first-order valence-electron chi connectivity index (χ1n) is 11.9. The van der Waals surface area contributed by atoms with Gasteiger partial charge in [0.1, 0.15) is 11.2 Å². The molecule has 1 amide bonds. The van der Waals surface area contributed by atoms with Gasteiger partial charge in [0.15, 0.2) is 0 Å². The fourth-order valence-corrected chi connectivity index (χ4v) is 4.99. The van der Waals surface area contributed by atoms with Crippen LogP contribution in [0, 0.1) is 12.8 Å². The molecule has 2 aromatic rings. The van der Waals surface area contributed by atoms with E-state index in [9.17, 15) is 9.59 Å². The number of carbonyl (C=O) groups is 2. The molecule has 2 aliphatic rings. The van der Waals surface area contributed by atoms with Crippen molar-refractivity contribution in [2.75, 3.05) is 20.2 Å². The zero-order valence-corrected chi connectivity index (χ0v) is 20.2.